The Morgan fingerprint density at radius 3 is 1.13 bits per heavy atom. The second kappa shape index (κ2) is 10.7. The number of carboxylic acid groups (broad SMARTS) is 2. The smallest absolute Gasteiger partial charge is 0.335 e. The predicted octanol–water partition coefficient (Wildman–Crippen LogP) is 8.00. The molecule has 0 spiro atoms. The quantitative estimate of drug-likeness (QED) is 0.223. The Morgan fingerprint density at radius 1 is 0.474 bits per heavy atom. The number of aromatic carboxylic acids is 2. The molecule has 0 aliphatic carbocycles. The fraction of sp³-hybridized carbons (Fsp3) is 0. The molecule has 186 valence electrons. The van der Waals surface area contributed by atoms with Gasteiger partial charge in [-0.2, -0.15) is 0 Å². The standard InChI is InChI=1S/C32H22O6/c33-31(34)23-11-15-25(16-12-23)37-29-20-28(22-9-5-2-6-10-22)30(19-27(29)21-7-3-1-4-8-21)38-26-17-13-24(14-18-26)32(35)36/h1-20H,(H,33,34)(H,35,36). The number of hydrogen-bond donors (Lipinski definition) is 2. The molecule has 2 N–H and O–H groups in total. The van der Waals surface area contributed by atoms with Gasteiger partial charge in [-0.25, -0.2) is 9.59 Å². The van der Waals surface area contributed by atoms with Gasteiger partial charge in [-0.1, -0.05) is 60.7 Å². The van der Waals surface area contributed by atoms with Gasteiger partial charge in [0.25, 0.3) is 0 Å². The molecule has 0 aliphatic rings. The van der Waals surface area contributed by atoms with E-state index in [1.54, 1.807) is 24.3 Å². The Balaban J connectivity index is 1.63. The molecule has 0 unspecified atom stereocenters. The van der Waals surface area contributed by atoms with Gasteiger partial charge in [0, 0.05) is 11.1 Å². The van der Waals surface area contributed by atoms with E-state index in [0.29, 0.717) is 23.0 Å². The first-order valence-electron chi connectivity index (χ1n) is 11.8. The van der Waals surface area contributed by atoms with Crippen LogP contribution in [-0.4, -0.2) is 22.2 Å². The van der Waals surface area contributed by atoms with Gasteiger partial charge in [0.15, 0.2) is 0 Å². The van der Waals surface area contributed by atoms with Crippen LogP contribution in [0.5, 0.6) is 23.0 Å². The van der Waals surface area contributed by atoms with Crippen LogP contribution < -0.4 is 9.47 Å². The summed E-state index contributed by atoms with van der Waals surface area (Å²) < 4.78 is 12.6. The van der Waals surface area contributed by atoms with E-state index in [0.717, 1.165) is 22.3 Å². The lowest BCUT2D eigenvalue weighted by atomic mass is 9.97. The number of hydrogen-bond acceptors (Lipinski definition) is 4. The van der Waals surface area contributed by atoms with Crippen LogP contribution >= 0.6 is 0 Å². The van der Waals surface area contributed by atoms with Crippen LogP contribution in [0.25, 0.3) is 22.3 Å². The first kappa shape index (κ1) is 24.3. The summed E-state index contributed by atoms with van der Waals surface area (Å²) in [5, 5.41) is 18.5. The van der Waals surface area contributed by atoms with Gasteiger partial charge in [0.1, 0.15) is 23.0 Å². The molecule has 6 nitrogen and oxygen atoms in total. The minimum absolute atomic E-state index is 0.170. The second-order valence-electron chi connectivity index (χ2n) is 8.44. The van der Waals surface area contributed by atoms with E-state index in [2.05, 4.69) is 0 Å². The molecule has 0 saturated carbocycles. The largest absolute Gasteiger partial charge is 0.478 e. The van der Waals surface area contributed by atoms with Crippen molar-refractivity contribution in [3.63, 3.8) is 0 Å². The molecule has 5 aromatic carbocycles. The van der Waals surface area contributed by atoms with E-state index < -0.39 is 11.9 Å². The topological polar surface area (TPSA) is 93.1 Å². The molecule has 5 aromatic rings. The second-order valence-corrected chi connectivity index (χ2v) is 8.44. The molecule has 0 atom stereocenters. The Bertz CT molecular complexity index is 1450. The molecule has 0 fully saturated rings. The van der Waals surface area contributed by atoms with Crippen LogP contribution in [0.1, 0.15) is 20.7 Å². The summed E-state index contributed by atoms with van der Waals surface area (Å²) in [6, 6.07) is 35.7. The van der Waals surface area contributed by atoms with Gasteiger partial charge in [-0.3, -0.25) is 0 Å². The molecule has 6 heteroatoms. The average Bonchev–Trinajstić information content (AvgIpc) is 2.95. The molecule has 0 saturated heterocycles. The van der Waals surface area contributed by atoms with E-state index in [9.17, 15) is 19.8 Å². The van der Waals surface area contributed by atoms with Gasteiger partial charge in [-0.15, -0.1) is 0 Å². The third kappa shape index (κ3) is 5.39. The molecule has 0 aromatic heterocycles. The molecule has 5 rings (SSSR count). The Hall–Kier alpha value is -5.36. The summed E-state index contributed by atoms with van der Waals surface area (Å²) >= 11 is 0. The Morgan fingerprint density at radius 2 is 0.816 bits per heavy atom. The summed E-state index contributed by atoms with van der Waals surface area (Å²) in [5.74, 6) is 0.0863. The lowest BCUT2D eigenvalue weighted by molar-refractivity contribution is 0.0686. The number of carbonyl (C=O) groups is 2. The molecule has 0 radical (unpaired) electrons. The van der Waals surface area contributed by atoms with Gasteiger partial charge in [0.05, 0.1) is 11.1 Å². The van der Waals surface area contributed by atoms with Crippen molar-refractivity contribution in [1.82, 2.24) is 0 Å². The maximum atomic E-state index is 11.3. The number of benzene rings is 5. The molecule has 0 aliphatic heterocycles. The van der Waals surface area contributed by atoms with Crippen molar-refractivity contribution >= 4 is 11.9 Å². The summed E-state index contributed by atoms with van der Waals surface area (Å²) in [7, 11) is 0. The van der Waals surface area contributed by atoms with Crippen LogP contribution in [0.4, 0.5) is 0 Å². The van der Waals surface area contributed by atoms with Gasteiger partial charge >= 0.3 is 11.9 Å². The van der Waals surface area contributed by atoms with Crippen LogP contribution in [0.2, 0.25) is 0 Å². The summed E-state index contributed by atoms with van der Waals surface area (Å²) in [5.41, 5.74) is 3.67. The summed E-state index contributed by atoms with van der Waals surface area (Å²) in [6.45, 7) is 0. The maximum Gasteiger partial charge on any atom is 0.335 e. The van der Waals surface area contributed by atoms with Crippen molar-refractivity contribution < 1.29 is 29.3 Å². The zero-order valence-electron chi connectivity index (χ0n) is 20.1. The van der Waals surface area contributed by atoms with Crippen molar-refractivity contribution in [2.45, 2.75) is 0 Å². The molecule has 0 heterocycles. The van der Waals surface area contributed by atoms with Crippen molar-refractivity contribution in [3.8, 4) is 45.3 Å². The van der Waals surface area contributed by atoms with Crippen molar-refractivity contribution in [2.75, 3.05) is 0 Å². The maximum absolute atomic E-state index is 11.3. The highest BCUT2D eigenvalue weighted by Gasteiger charge is 2.17. The third-order valence-electron chi connectivity index (χ3n) is 5.91. The van der Waals surface area contributed by atoms with E-state index in [1.165, 1.54) is 24.3 Å². The fourth-order valence-corrected chi connectivity index (χ4v) is 4.00. The predicted molar refractivity (Wildman–Crippen MR) is 144 cm³/mol. The van der Waals surface area contributed by atoms with Gasteiger partial charge in [-0.05, 0) is 71.8 Å². The third-order valence-corrected chi connectivity index (χ3v) is 5.91. The lowest BCUT2D eigenvalue weighted by Gasteiger charge is -2.18. The zero-order valence-corrected chi connectivity index (χ0v) is 20.1. The fourth-order valence-electron chi connectivity index (χ4n) is 4.00. The highest BCUT2D eigenvalue weighted by Crippen LogP contribution is 2.44. The number of ether oxygens (including phenoxy) is 2. The van der Waals surface area contributed by atoms with Crippen LogP contribution in [0.15, 0.2) is 121 Å². The summed E-state index contributed by atoms with van der Waals surface area (Å²) in [4.78, 5) is 22.5. The molecular weight excluding hydrogens is 480 g/mol. The first-order chi connectivity index (χ1) is 18.5. The highest BCUT2D eigenvalue weighted by atomic mass is 16.5. The normalized spacial score (nSPS) is 10.5. The van der Waals surface area contributed by atoms with Crippen molar-refractivity contribution in [2.24, 2.45) is 0 Å². The van der Waals surface area contributed by atoms with Crippen LogP contribution in [0.3, 0.4) is 0 Å². The molecular formula is C32H22O6. The first-order valence-corrected chi connectivity index (χ1v) is 11.8. The van der Waals surface area contributed by atoms with Crippen molar-refractivity contribution in [1.29, 1.82) is 0 Å². The Labute approximate surface area is 219 Å². The van der Waals surface area contributed by atoms with E-state index in [-0.39, 0.29) is 11.1 Å². The van der Waals surface area contributed by atoms with E-state index in [4.69, 9.17) is 9.47 Å². The van der Waals surface area contributed by atoms with Gasteiger partial charge < -0.3 is 19.7 Å². The monoisotopic (exact) mass is 502 g/mol. The minimum Gasteiger partial charge on any atom is -0.478 e. The van der Waals surface area contributed by atoms with Crippen LogP contribution in [-0.2, 0) is 0 Å². The zero-order chi connectivity index (χ0) is 26.5. The number of carboxylic acids is 2. The summed E-state index contributed by atoms with van der Waals surface area (Å²) in [6.07, 6.45) is 0. The van der Waals surface area contributed by atoms with Crippen LogP contribution in [0, 0.1) is 0 Å². The minimum atomic E-state index is -1.01. The Kier molecular flexibility index (Phi) is 6.87. The van der Waals surface area contributed by atoms with Crippen molar-refractivity contribution in [3.05, 3.63) is 132 Å². The van der Waals surface area contributed by atoms with E-state index in [1.807, 2.05) is 72.8 Å². The molecule has 0 amide bonds. The van der Waals surface area contributed by atoms with E-state index >= 15 is 0 Å². The molecule has 0 bridgehead atoms. The average molecular weight is 503 g/mol. The lowest BCUT2D eigenvalue weighted by Crippen LogP contribution is -1.97. The number of rotatable bonds is 8. The van der Waals surface area contributed by atoms with Gasteiger partial charge in [0.2, 0.25) is 0 Å². The molecule has 38 heavy (non-hydrogen) atoms. The SMILES string of the molecule is O=C(O)c1ccc(Oc2cc(-c3ccccc3)c(Oc3ccc(C(=O)O)cc3)cc2-c2ccccc2)cc1. The highest BCUT2D eigenvalue weighted by molar-refractivity contribution is 5.88.